The van der Waals surface area contributed by atoms with Crippen LogP contribution >= 0.6 is 11.3 Å². The van der Waals surface area contributed by atoms with E-state index >= 15 is 0 Å². The lowest BCUT2D eigenvalue weighted by molar-refractivity contribution is -0.134. The van der Waals surface area contributed by atoms with Crippen molar-refractivity contribution in [1.29, 1.82) is 0 Å². The number of thiophene rings is 1. The second kappa shape index (κ2) is 10.5. The molecule has 29 heavy (non-hydrogen) atoms. The first-order valence-electron chi connectivity index (χ1n) is 9.96. The first-order valence-corrected chi connectivity index (χ1v) is 10.8. The predicted octanol–water partition coefficient (Wildman–Crippen LogP) is 3.13. The third-order valence-electron chi connectivity index (χ3n) is 4.95. The van der Waals surface area contributed by atoms with Crippen molar-refractivity contribution in [2.45, 2.75) is 32.4 Å². The highest BCUT2D eigenvalue weighted by atomic mass is 32.1. The Bertz CT molecular complexity index is 786. The molecule has 7 heteroatoms. The Kier molecular flexibility index (Phi) is 7.80. The van der Waals surface area contributed by atoms with Crippen LogP contribution in [-0.4, -0.2) is 61.0 Å². The molecule has 0 radical (unpaired) electrons. The first-order chi connectivity index (χ1) is 14.0. The number of carbonyl (C=O) groups excluding carboxylic acids is 2. The van der Waals surface area contributed by atoms with Gasteiger partial charge < -0.3 is 15.0 Å². The van der Waals surface area contributed by atoms with Gasteiger partial charge in [0.2, 0.25) is 11.8 Å². The number of hydrogen-bond acceptors (Lipinski definition) is 5. The number of nitrogens with one attached hydrogen (secondary N) is 1. The molecule has 3 rings (SSSR count). The largest absolute Gasteiger partial charge is 0.377 e. The molecule has 1 fully saturated rings. The summed E-state index contributed by atoms with van der Waals surface area (Å²) in [6.07, 6.45) is 2.28. The Balaban J connectivity index is 1.52. The summed E-state index contributed by atoms with van der Waals surface area (Å²) in [6, 6.07) is 11.7. The van der Waals surface area contributed by atoms with Gasteiger partial charge in [-0.3, -0.25) is 14.5 Å². The highest BCUT2D eigenvalue weighted by molar-refractivity contribution is 7.09. The number of hydrogen-bond donors (Lipinski definition) is 1. The van der Waals surface area contributed by atoms with E-state index in [4.69, 9.17) is 4.74 Å². The fourth-order valence-corrected chi connectivity index (χ4v) is 4.08. The number of aryl methyl sites for hydroxylation is 1. The molecule has 2 aromatic rings. The van der Waals surface area contributed by atoms with Crippen LogP contribution in [0.15, 0.2) is 41.8 Å². The molecule has 2 heterocycles. The standard InChI is InChI=1S/C22H29N3O3S/c1-17-7-9-18(10-8-17)23-21(26)15-24(2)22(27)16-25(13-19-5-3-11-28-19)14-20-6-4-12-29-20/h4,6-10,12,19H,3,5,11,13-16H2,1-2H3,(H,23,26)/t19-/m1/s1. The maximum Gasteiger partial charge on any atom is 0.243 e. The molecule has 0 aliphatic carbocycles. The zero-order valence-corrected chi connectivity index (χ0v) is 17.9. The number of anilines is 1. The van der Waals surface area contributed by atoms with Crippen molar-refractivity contribution in [2.75, 3.05) is 38.6 Å². The number of rotatable bonds is 9. The average molecular weight is 416 g/mol. The zero-order chi connectivity index (χ0) is 20.6. The number of ether oxygens (including phenoxy) is 1. The van der Waals surface area contributed by atoms with E-state index in [1.807, 2.05) is 42.6 Å². The number of benzene rings is 1. The monoisotopic (exact) mass is 415 g/mol. The van der Waals surface area contributed by atoms with Crippen molar-refractivity contribution in [3.63, 3.8) is 0 Å². The molecule has 0 saturated carbocycles. The van der Waals surface area contributed by atoms with Crippen LogP contribution < -0.4 is 5.32 Å². The number of nitrogens with zero attached hydrogens (tertiary/aromatic N) is 2. The van der Waals surface area contributed by atoms with Crippen LogP contribution in [0.3, 0.4) is 0 Å². The van der Waals surface area contributed by atoms with Crippen LogP contribution in [0.5, 0.6) is 0 Å². The van der Waals surface area contributed by atoms with E-state index in [1.165, 1.54) is 9.78 Å². The van der Waals surface area contributed by atoms with Crippen molar-refractivity contribution in [1.82, 2.24) is 9.80 Å². The summed E-state index contributed by atoms with van der Waals surface area (Å²) in [5.74, 6) is -0.271. The molecular formula is C22H29N3O3S. The van der Waals surface area contributed by atoms with Crippen molar-refractivity contribution in [3.05, 3.63) is 52.2 Å². The molecule has 1 aromatic carbocycles. The minimum Gasteiger partial charge on any atom is -0.377 e. The van der Waals surface area contributed by atoms with E-state index in [0.29, 0.717) is 6.54 Å². The Morgan fingerprint density at radius 3 is 2.66 bits per heavy atom. The van der Waals surface area contributed by atoms with Crippen LogP contribution in [0.4, 0.5) is 5.69 Å². The van der Waals surface area contributed by atoms with Gasteiger partial charge in [-0.15, -0.1) is 11.3 Å². The maximum atomic E-state index is 12.8. The Hall–Kier alpha value is -2.22. The average Bonchev–Trinajstić information content (AvgIpc) is 3.37. The second-order valence-corrected chi connectivity index (χ2v) is 8.58. The quantitative estimate of drug-likeness (QED) is 0.684. The van der Waals surface area contributed by atoms with Gasteiger partial charge >= 0.3 is 0 Å². The van der Waals surface area contributed by atoms with Gasteiger partial charge in [0.15, 0.2) is 0 Å². The summed E-state index contributed by atoms with van der Waals surface area (Å²) in [6.45, 7) is 4.53. The number of amides is 2. The van der Waals surface area contributed by atoms with Gasteiger partial charge in [0.1, 0.15) is 0 Å². The first kappa shape index (κ1) is 21.5. The zero-order valence-electron chi connectivity index (χ0n) is 17.1. The Labute approximate surface area is 176 Å². The van der Waals surface area contributed by atoms with E-state index in [9.17, 15) is 9.59 Å². The lowest BCUT2D eigenvalue weighted by Gasteiger charge is -2.26. The lowest BCUT2D eigenvalue weighted by Crippen LogP contribution is -2.43. The molecule has 1 aliphatic heterocycles. The topological polar surface area (TPSA) is 61.9 Å². The normalized spacial score (nSPS) is 16.2. The van der Waals surface area contributed by atoms with Crippen LogP contribution in [-0.2, 0) is 20.9 Å². The SMILES string of the molecule is Cc1ccc(NC(=O)CN(C)C(=O)CN(Cc2cccs2)C[C@H]2CCCO2)cc1. The second-order valence-electron chi connectivity index (χ2n) is 7.55. The molecule has 0 spiro atoms. The summed E-state index contributed by atoms with van der Waals surface area (Å²) in [7, 11) is 1.67. The molecule has 1 atom stereocenters. The lowest BCUT2D eigenvalue weighted by atomic mass is 10.2. The van der Waals surface area contributed by atoms with E-state index in [0.717, 1.165) is 37.2 Å². The van der Waals surface area contributed by atoms with Gasteiger partial charge in [0, 0.05) is 37.3 Å². The van der Waals surface area contributed by atoms with Gasteiger partial charge in [0.05, 0.1) is 19.2 Å². The number of likely N-dealkylation sites (N-methyl/N-ethyl adjacent to an activating group) is 1. The van der Waals surface area contributed by atoms with Crippen LogP contribution in [0.2, 0.25) is 0 Å². The molecule has 1 N–H and O–H groups in total. The molecular weight excluding hydrogens is 386 g/mol. The molecule has 1 aromatic heterocycles. The van der Waals surface area contributed by atoms with E-state index in [2.05, 4.69) is 16.3 Å². The van der Waals surface area contributed by atoms with Gasteiger partial charge in [-0.25, -0.2) is 0 Å². The summed E-state index contributed by atoms with van der Waals surface area (Å²) in [5, 5.41) is 4.88. The van der Waals surface area contributed by atoms with Gasteiger partial charge in [-0.1, -0.05) is 23.8 Å². The van der Waals surface area contributed by atoms with Crippen molar-refractivity contribution >= 4 is 28.8 Å². The molecule has 1 saturated heterocycles. The van der Waals surface area contributed by atoms with Gasteiger partial charge in [-0.05, 0) is 43.3 Å². The summed E-state index contributed by atoms with van der Waals surface area (Å²) >= 11 is 1.69. The Morgan fingerprint density at radius 2 is 2.00 bits per heavy atom. The van der Waals surface area contributed by atoms with Crippen LogP contribution in [0, 0.1) is 6.92 Å². The minimum atomic E-state index is -0.200. The molecule has 156 valence electrons. The molecule has 0 bridgehead atoms. The highest BCUT2D eigenvalue weighted by Gasteiger charge is 2.23. The highest BCUT2D eigenvalue weighted by Crippen LogP contribution is 2.17. The fraction of sp³-hybridized carbons (Fsp3) is 0.455. The molecule has 0 unspecified atom stereocenters. The summed E-state index contributed by atoms with van der Waals surface area (Å²) in [5.41, 5.74) is 1.87. The third-order valence-corrected chi connectivity index (χ3v) is 5.81. The van der Waals surface area contributed by atoms with Gasteiger partial charge in [0.25, 0.3) is 0 Å². The maximum absolute atomic E-state index is 12.8. The van der Waals surface area contributed by atoms with Crippen LogP contribution in [0.1, 0.15) is 23.3 Å². The molecule has 6 nitrogen and oxygen atoms in total. The van der Waals surface area contributed by atoms with Gasteiger partial charge in [-0.2, -0.15) is 0 Å². The fourth-order valence-electron chi connectivity index (χ4n) is 3.34. The minimum absolute atomic E-state index is 0.0273. The van der Waals surface area contributed by atoms with E-state index in [-0.39, 0.29) is 31.0 Å². The Morgan fingerprint density at radius 1 is 1.21 bits per heavy atom. The van der Waals surface area contributed by atoms with E-state index in [1.54, 1.807) is 18.4 Å². The van der Waals surface area contributed by atoms with Crippen molar-refractivity contribution in [3.8, 4) is 0 Å². The van der Waals surface area contributed by atoms with Crippen LogP contribution in [0.25, 0.3) is 0 Å². The number of carbonyl (C=O) groups is 2. The molecule has 1 aliphatic rings. The van der Waals surface area contributed by atoms with Crippen molar-refractivity contribution < 1.29 is 14.3 Å². The van der Waals surface area contributed by atoms with Crippen molar-refractivity contribution in [2.24, 2.45) is 0 Å². The predicted molar refractivity (Wildman–Crippen MR) is 116 cm³/mol. The molecule has 2 amide bonds. The summed E-state index contributed by atoms with van der Waals surface area (Å²) in [4.78, 5) is 29.9. The third kappa shape index (κ3) is 6.96. The van der Waals surface area contributed by atoms with E-state index < -0.39 is 0 Å². The smallest absolute Gasteiger partial charge is 0.243 e. The summed E-state index contributed by atoms with van der Waals surface area (Å²) < 4.78 is 5.76.